The molecule has 3 rings (SSSR count). The molecule has 9 nitrogen and oxygen atoms in total. The number of piperidine rings is 1. The molecular weight excluding hydrogens is 483 g/mol. The first-order valence-electron chi connectivity index (χ1n) is 11.6. The summed E-state index contributed by atoms with van der Waals surface area (Å²) in [6, 6.07) is 5.41. The molecule has 1 aromatic rings. The number of likely N-dealkylation sites (tertiary alicyclic amines) is 1. The molecule has 0 saturated carbocycles. The van der Waals surface area contributed by atoms with E-state index in [0.717, 1.165) is 5.56 Å². The lowest BCUT2D eigenvalue weighted by Gasteiger charge is -2.41. The number of alkyl halides is 3. The Balaban J connectivity index is 1.86. The summed E-state index contributed by atoms with van der Waals surface area (Å²) in [5.74, 6) is -1.42. The van der Waals surface area contributed by atoms with Crippen LogP contribution in [0.2, 0.25) is 0 Å². The minimum Gasteiger partial charge on any atom is -0.484 e. The van der Waals surface area contributed by atoms with Crippen molar-refractivity contribution in [2.45, 2.75) is 25.6 Å². The van der Waals surface area contributed by atoms with E-state index in [-0.39, 0.29) is 42.4 Å². The molecule has 1 aromatic carbocycles. The summed E-state index contributed by atoms with van der Waals surface area (Å²) in [6.45, 7) is 7.91. The number of urea groups is 1. The first-order chi connectivity index (χ1) is 17.1. The zero-order valence-corrected chi connectivity index (χ0v) is 20.3. The van der Waals surface area contributed by atoms with Crippen LogP contribution in [0, 0.1) is 5.92 Å². The normalized spacial score (nSPS) is 21.1. The smallest absolute Gasteiger partial charge is 0.484 e. The molecule has 12 heteroatoms. The van der Waals surface area contributed by atoms with Gasteiger partial charge >= 0.3 is 18.4 Å². The van der Waals surface area contributed by atoms with Gasteiger partial charge in [-0.05, 0) is 31.0 Å². The fraction of sp³-hybridized carbons (Fsp3) is 0.542. The molecule has 36 heavy (non-hydrogen) atoms. The molecule has 2 unspecified atom stereocenters. The maximum absolute atomic E-state index is 13.3. The highest BCUT2D eigenvalue weighted by Crippen LogP contribution is 2.34. The molecule has 0 bridgehead atoms. The fourth-order valence-electron chi connectivity index (χ4n) is 4.27. The minimum absolute atomic E-state index is 0.129. The van der Waals surface area contributed by atoms with Gasteiger partial charge in [-0.25, -0.2) is 14.6 Å². The summed E-state index contributed by atoms with van der Waals surface area (Å²) in [4.78, 5) is 32.9. The number of ether oxygens (including phenoxy) is 4. The van der Waals surface area contributed by atoms with Gasteiger partial charge in [-0.1, -0.05) is 18.7 Å². The summed E-state index contributed by atoms with van der Waals surface area (Å²) in [5.41, 5.74) is 0.601. The molecule has 2 aliphatic rings. The van der Waals surface area contributed by atoms with E-state index in [1.54, 1.807) is 28.9 Å². The number of methoxy groups -OCH3 is 1. The Morgan fingerprint density at radius 1 is 1.14 bits per heavy atom. The molecule has 0 radical (unpaired) electrons. The van der Waals surface area contributed by atoms with E-state index in [9.17, 15) is 22.8 Å². The highest BCUT2D eigenvalue weighted by molar-refractivity contribution is 5.92. The third-order valence-corrected chi connectivity index (χ3v) is 5.90. The van der Waals surface area contributed by atoms with E-state index in [0.29, 0.717) is 39.3 Å². The number of amides is 2. The molecule has 2 fully saturated rings. The van der Waals surface area contributed by atoms with E-state index >= 15 is 0 Å². The minimum atomic E-state index is -4.79. The molecule has 0 N–H and O–H groups in total. The van der Waals surface area contributed by atoms with E-state index in [2.05, 4.69) is 16.3 Å². The summed E-state index contributed by atoms with van der Waals surface area (Å²) >= 11 is 0. The van der Waals surface area contributed by atoms with Gasteiger partial charge in [0.15, 0.2) is 5.90 Å². The summed E-state index contributed by atoms with van der Waals surface area (Å²) in [7, 11) is 1.41. The zero-order chi connectivity index (χ0) is 26.3. The second-order valence-electron chi connectivity index (χ2n) is 8.35. The molecule has 2 heterocycles. The van der Waals surface area contributed by atoms with Crippen molar-refractivity contribution < 1.29 is 41.7 Å². The number of hydrogen-bond acceptors (Lipinski definition) is 7. The first kappa shape index (κ1) is 27.3. The van der Waals surface area contributed by atoms with Crippen molar-refractivity contribution in [3.63, 3.8) is 0 Å². The number of esters is 1. The molecule has 2 atom stereocenters. The lowest BCUT2D eigenvalue weighted by molar-refractivity contribution is -0.274. The third kappa shape index (κ3) is 7.36. The largest absolute Gasteiger partial charge is 0.573 e. The van der Waals surface area contributed by atoms with Crippen LogP contribution in [0.1, 0.15) is 24.8 Å². The van der Waals surface area contributed by atoms with Crippen LogP contribution in [0.15, 0.2) is 41.5 Å². The Morgan fingerprint density at radius 3 is 2.39 bits per heavy atom. The van der Waals surface area contributed by atoms with Crippen molar-refractivity contribution in [3.05, 3.63) is 42.1 Å². The van der Waals surface area contributed by atoms with Gasteiger partial charge in [0.1, 0.15) is 11.4 Å². The predicted octanol–water partition coefficient (Wildman–Crippen LogP) is 3.56. The molecule has 2 saturated heterocycles. The topological polar surface area (TPSA) is 89.9 Å². The van der Waals surface area contributed by atoms with Crippen LogP contribution in [0.3, 0.4) is 0 Å². The van der Waals surface area contributed by atoms with E-state index in [1.807, 2.05) is 0 Å². The lowest BCUT2D eigenvalue weighted by atomic mass is 9.84. The average Bonchev–Trinajstić information content (AvgIpc) is 2.86. The second kappa shape index (κ2) is 12.1. The van der Waals surface area contributed by atoms with E-state index < -0.39 is 18.2 Å². The number of halogens is 3. The quantitative estimate of drug-likeness (QED) is 0.250. The average molecular weight is 514 g/mol. The van der Waals surface area contributed by atoms with Crippen LogP contribution in [-0.2, 0) is 19.0 Å². The van der Waals surface area contributed by atoms with Crippen LogP contribution in [0.4, 0.5) is 18.0 Å². The second-order valence-corrected chi connectivity index (χ2v) is 8.35. The number of carbonyl (C=O) groups is 2. The Kier molecular flexibility index (Phi) is 9.19. The van der Waals surface area contributed by atoms with Gasteiger partial charge in [0.2, 0.25) is 0 Å². The van der Waals surface area contributed by atoms with Gasteiger partial charge in [0.05, 0.1) is 32.8 Å². The number of rotatable bonds is 6. The zero-order valence-electron chi connectivity index (χ0n) is 20.3. The maximum atomic E-state index is 13.3. The third-order valence-electron chi connectivity index (χ3n) is 5.90. The van der Waals surface area contributed by atoms with Crippen molar-refractivity contribution >= 4 is 17.9 Å². The number of aliphatic imine (C=N–C) groups is 1. The van der Waals surface area contributed by atoms with Crippen LogP contribution >= 0.6 is 0 Å². The Hall–Kier alpha value is -3.28. The van der Waals surface area contributed by atoms with Gasteiger partial charge in [0, 0.05) is 32.1 Å². The van der Waals surface area contributed by atoms with Crippen LogP contribution < -0.4 is 4.74 Å². The van der Waals surface area contributed by atoms with Gasteiger partial charge in [-0.15, -0.1) is 13.2 Å². The van der Waals surface area contributed by atoms with Crippen LogP contribution in [0.25, 0.3) is 0 Å². The Labute approximate surface area is 207 Å². The molecule has 2 aliphatic heterocycles. The van der Waals surface area contributed by atoms with Gasteiger partial charge in [-0.3, -0.25) is 0 Å². The van der Waals surface area contributed by atoms with Crippen molar-refractivity contribution in [1.29, 1.82) is 0 Å². The van der Waals surface area contributed by atoms with Crippen LogP contribution in [-0.4, -0.2) is 87.2 Å². The number of morpholine rings is 1. The standard InChI is InChI=1S/C24H30F3N3O6/c1-4-35-22(31)16(2)28-21(33-3)19-13-18(17-5-7-20(8-6-17)36-24(25,26)27)14-30(15-19)23(32)29-9-11-34-12-10-29/h5-8,18-19H,2,4,9-15H2,1,3H3. The Bertz CT molecular complexity index is 961. The molecule has 198 valence electrons. The molecule has 0 aromatic heterocycles. The molecular formula is C24H30F3N3O6. The monoisotopic (exact) mass is 513 g/mol. The fourth-order valence-corrected chi connectivity index (χ4v) is 4.27. The summed E-state index contributed by atoms with van der Waals surface area (Å²) in [5, 5.41) is 0. The molecule has 2 amide bonds. The van der Waals surface area contributed by atoms with Crippen molar-refractivity contribution in [3.8, 4) is 5.75 Å². The van der Waals surface area contributed by atoms with Crippen molar-refractivity contribution in [2.75, 3.05) is 53.1 Å². The van der Waals surface area contributed by atoms with Crippen LogP contribution in [0.5, 0.6) is 5.75 Å². The van der Waals surface area contributed by atoms with Crippen molar-refractivity contribution in [2.24, 2.45) is 10.9 Å². The number of benzene rings is 1. The highest BCUT2D eigenvalue weighted by atomic mass is 19.4. The van der Waals surface area contributed by atoms with Crippen molar-refractivity contribution in [1.82, 2.24) is 9.80 Å². The summed E-state index contributed by atoms with van der Waals surface area (Å²) < 4.78 is 57.4. The maximum Gasteiger partial charge on any atom is 0.573 e. The number of hydrogen-bond donors (Lipinski definition) is 0. The van der Waals surface area contributed by atoms with E-state index in [4.69, 9.17) is 14.2 Å². The summed E-state index contributed by atoms with van der Waals surface area (Å²) in [6.07, 6.45) is -4.31. The lowest BCUT2D eigenvalue weighted by Crippen LogP contribution is -2.53. The Morgan fingerprint density at radius 2 is 1.81 bits per heavy atom. The van der Waals surface area contributed by atoms with Gasteiger partial charge < -0.3 is 28.7 Å². The number of carbonyl (C=O) groups excluding carboxylic acids is 2. The highest BCUT2D eigenvalue weighted by Gasteiger charge is 2.37. The SMILES string of the molecule is C=C(N=C(OC)C1CC(c2ccc(OC(F)(F)F)cc2)CN(C(=O)N2CCOCC2)C1)C(=O)OCC. The number of nitrogens with zero attached hydrogens (tertiary/aromatic N) is 3. The van der Waals surface area contributed by atoms with E-state index in [1.165, 1.54) is 19.2 Å². The van der Waals surface area contributed by atoms with Gasteiger partial charge in [-0.2, -0.15) is 0 Å². The predicted molar refractivity (Wildman–Crippen MR) is 124 cm³/mol. The first-order valence-corrected chi connectivity index (χ1v) is 11.6. The molecule has 0 aliphatic carbocycles. The molecule has 0 spiro atoms. The van der Waals surface area contributed by atoms with Gasteiger partial charge in [0.25, 0.3) is 0 Å².